The summed E-state index contributed by atoms with van der Waals surface area (Å²) in [4.78, 5) is 13.1. The summed E-state index contributed by atoms with van der Waals surface area (Å²) in [6.45, 7) is 7.91. The largest absolute Gasteiger partial charge is 0.450 e. The molecule has 0 aromatic carbocycles. The second-order valence-corrected chi connectivity index (χ2v) is 3.57. The normalized spacial score (nSPS) is 22.5. The monoisotopic (exact) mass is 183 g/mol. The topological polar surface area (TPSA) is 29.5 Å². The van der Waals surface area contributed by atoms with Crippen LogP contribution in [0.4, 0.5) is 4.79 Å². The van der Waals surface area contributed by atoms with E-state index in [2.05, 4.69) is 13.0 Å². The molecule has 0 aromatic rings. The molecule has 13 heavy (non-hydrogen) atoms. The van der Waals surface area contributed by atoms with Crippen LogP contribution in [0.25, 0.3) is 0 Å². The van der Waals surface area contributed by atoms with Crippen LogP contribution < -0.4 is 0 Å². The van der Waals surface area contributed by atoms with E-state index in [1.54, 1.807) is 4.90 Å². The predicted molar refractivity (Wildman–Crippen MR) is 51.5 cm³/mol. The van der Waals surface area contributed by atoms with Crippen LogP contribution in [0, 0.1) is 5.92 Å². The van der Waals surface area contributed by atoms with Crippen LogP contribution in [-0.4, -0.2) is 30.7 Å². The van der Waals surface area contributed by atoms with E-state index < -0.39 is 0 Å². The third-order valence-electron chi connectivity index (χ3n) is 2.04. The van der Waals surface area contributed by atoms with Crippen molar-refractivity contribution in [1.82, 2.24) is 4.90 Å². The highest BCUT2D eigenvalue weighted by molar-refractivity contribution is 5.68. The summed E-state index contributed by atoms with van der Waals surface area (Å²) in [6, 6.07) is 0. The molecule has 0 bridgehead atoms. The number of ether oxygens (including phenoxy) is 1. The lowest BCUT2D eigenvalue weighted by molar-refractivity contribution is 0.105. The Hall–Kier alpha value is -0.990. The molecule has 0 aromatic heterocycles. The van der Waals surface area contributed by atoms with Crippen LogP contribution in [0.5, 0.6) is 0 Å². The number of carbonyl (C=O) groups is 1. The van der Waals surface area contributed by atoms with Gasteiger partial charge in [-0.2, -0.15) is 0 Å². The third-order valence-corrected chi connectivity index (χ3v) is 2.04. The maximum Gasteiger partial charge on any atom is 0.410 e. The number of hydrogen-bond donors (Lipinski definition) is 0. The van der Waals surface area contributed by atoms with E-state index in [1.807, 2.05) is 13.8 Å². The highest BCUT2D eigenvalue weighted by Crippen LogP contribution is 2.14. The van der Waals surface area contributed by atoms with Gasteiger partial charge in [-0.1, -0.05) is 18.6 Å². The lowest BCUT2D eigenvalue weighted by Gasteiger charge is -2.28. The van der Waals surface area contributed by atoms with Crippen LogP contribution >= 0.6 is 0 Å². The molecule has 1 rings (SSSR count). The van der Waals surface area contributed by atoms with E-state index in [4.69, 9.17) is 4.74 Å². The maximum atomic E-state index is 11.4. The first-order valence-corrected chi connectivity index (χ1v) is 4.72. The molecule has 3 nitrogen and oxygen atoms in total. The number of rotatable bonds is 1. The van der Waals surface area contributed by atoms with Crippen molar-refractivity contribution < 1.29 is 9.53 Å². The first kappa shape index (κ1) is 10.1. The molecule has 1 aliphatic rings. The van der Waals surface area contributed by atoms with Gasteiger partial charge in [0.05, 0.1) is 6.61 Å². The van der Waals surface area contributed by atoms with E-state index in [9.17, 15) is 4.79 Å². The number of nitrogens with zero attached hydrogens (tertiary/aromatic N) is 1. The minimum atomic E-state index is -0.193. The molecule has 0 fully saturated rings. The summed E-state index contributed by atoms with van der Waals surface area (Å²) in [5.41, 5.74) is 1.24. The summed E-state index contributed by atoms with van der Waals surface area (Å²) in [7, 11) is 0. The Morgan fingerprint density at radius 3 is 3.00 bits per heavy atom. The highest BCUT2D eigenvalue weighted by atomic mass is 16.6. The molecule has 1 amide bonds. The molecule has 0 saturated heterocycles. The molecule has 1 heterocycles. The fourth-order valence-electron chi connectivity index (χ4n) is 1.66. The predicted octanol–water partition coefficient (Wildman–Crippen LogP) is 2.04. The smallest absolute Gasteiger partial charge is 0.410 e. The fourth-order valence-corrected chi connectivity index (χ4v) is 1.66. The first-order chi connectivity index (χ1) is 6.13. The second kappa shape index (κ2) is 4.30. The summed E-state index contributed by atoms with van der Waals surface area (Å²) in [5, 5.41) is 0. The van der Waals surface area contributed by atoms with E-state index in [0.29, 0.717) is 19.1 Å². The molecule has 74 valence electrons. The second-order valence-electron chi connectivity index (χ2n) is 3.57. The molecule has 0 radical (unpaired) electrons. The summed E-state index contributed by atoms with van der Waals surface area (Å²) >= 11 is 0. The van der Waals surface area contributed by atoms with Gasteiger partial charge >= 0.3 is 6.09 Å². The van der Waals surface area contributed by atoms with Gasteiger partial charge in [-0.25, -0.2) is 4.79 Å². The van der Waals surface area contributed by atoms with Crippen molar-refractivity contribution in [1.29, 1.82) is 0 Å². The van der Waals surface area contributed by atoms with Crippen molar-refractivity contribution in [3.8, 4) is 0 Å². The van der Waals surface area contributed by atoms with E-state index in [1.165, 1.54) is 5.57 Å². The van der Waals surface area contributed by atoms with Crippen molar-refractivity contribution in [2.45, 2.75) is 20.8 Å². The standard InChI is InChI=1S/C10H17NO2/c1-4-13-10(12)11-6-8(2)5-9(3)7-11/h5,8H,4,6-7H2,1-3H3. The molecular weight excluding hydrogens is 166 g/mol. The van der Waals surface area contributed by atoms with Crippen LogP contribution in [0.1, 0.15) is 20.8 Å². The lowest BCUT2D eigenvalue weighted by Crippen LogP contribution is -2.38. The Kier molecular flexibility index (Phi) is 3.34. The Bertz CT molecular complexity index is 223. The van der Waals surface area contributed by atoms with Gasteiger partial charge in [-0.15, -0.1) is 0 Å². The number of carbonyl (C=O) groups excluding carboxylic acids is 1. The lowest BCUT2D eigenvalue weighted by atomic mass is 10.0. The van der Waals surface area contributed by atoms with Crippen LogP contribution in [0.2, 0.25) is 0 Å². The van der Waals surface area contributed by atoms with E-state index in [-0.39, 0.29) is 6.09 Å². The van der Waals surface area contributed by atoms with Crippen LogP contribution in [0.15, 0.2) is 11.6 Å². The molecule has 0 aliphatic carbocycles. The Morgan fingerprint density at radius 1 is 1.77 bits per heavy atom. The van der Waals surface area contributed by atoms with E-state index in [0.717, 1.165) is 6.54 Å². The maximum absolute atomic E-state index is 11.4. The average molecular weight is 183 g/mol. The molecule has 0 N–H and O–H groups in total. The molecular formula is C10H17NO2. The zero-order valence-corrected chi connectivity index (χ0v) is 8.54. The van der Waals surface area contributed by atoms with Crippen molar-refractivity contribution in [3.63, 3.8) is 0 Å². The van der Waals surface area contributed by atoms with Crippen molar-refractivity contribution >= 4 is 6.09 Å². The zero-order valence-electron chi connectivity index (χ0n) is 8.54. The summed E-state index contributed by atoms with van der Waals surface area (Å²) < 4.78 is 4.94. The SMILES string of the molecule is CCOC(=O)N1CC(C)=CC(C)C1. The fraction of sp³-hybridized carbons (Fsp3) is 0.700. The van der Waals surface area contributed by atoms with Crippen molar-refractivity contribution in [2.75, 3.05) is 19.7 Å². The average Bonchev–Trinajstić information content (AvgIpc) is 2.03. The molecule has 1 atom stereocenters. The number of hydrogen-bond acceptors (Lipinski definition) is 2. The Morgan fingerprint density at radius 2 is 2.46 bits per heavy atom. The van der Waals surface area contributed by atoms with Crippen LogP contribution in [0.3, 0.4) is 0 Å². The van der Waals surface area contributed by atoms with Gasteiger partial charge in [-0.05, 0) is 19.8 Å². The quantitative estimate of drug-likeness (QED) is 0.582. The van der Waals surface area contributed by atoms with Gasteiger partial charge in [0.1, 0.15) is 0 Å². The van der Waals surface area contributed by atoms with Gasteiger partial charge < -0.3 is 9.64 Å². The minimum absolute atomic E-state index is 0.193. The van der Waals surface area contributed by atoms with Gasteiger partial charge in [0, 0.05) is 13.1 Å². The van der Waals surface area contributed by atoms with Crippen LogP contribution in [-0.2, 0) is 4.74 Å². The zero-order chi connectivity index (χ0) is 9.84. The first-order valence-electron chi connectivity index (χ1n) is 4.72. The Balaban J connectivity index is 2.54. The molecule has 0 spiro atoms. The summed E-state index contributed by atoms with van der Waals surface area (Å²) in [6.07, 6.45) is 2.01. The van der Waals surface area contributed by atoms with Gasteiger partial charge in [0.15, 0.2) is 0 Å². The van der Waals surface area contributed by atoms with E-state index >= 15 is 0 Å². The number of amides is 1. The molecule has 0 saturated carbocycles. The highest BCUT2D eigenvalue weighted by Gasteiger charge is 2.20. The van der Waals surface area contributed by atoms with Gasteiger partial charge in [0.25, 0.3) is 0 Å². The Labute approximate surface area is 79.4 Å². The third kappa shape index (κ3) is 2.76. The van der Waals surface area contributed by atoms with Gasteiger partial charge in [0.2, 0.25) is 0 Å². The van der Waals surface area contributed by atoms with Crippen molar-refractivity contribution in [2.24, 2.45) is 5.92 Å². The summed E-state index contributed by atoms with van der Waals surface area (Å²) in [5.74, 6) is 0.443. The van der Waals surface area contributed by atoms with Crippen molar-refractivity contribution in [3.05, 3.63) is 11.6 Å². The minimum Gasteiger partial charge on any atom is -0.450 e. The molecule has 1 aliphatic heterocycles. The molecule has 3 heteroatoms. The van der Waals surface area contributed by atoms with Gasteiger partial charge in [-0.3, -0.25) is 0 Å². The molecule has 1 unspecified atom stereocenters.